The smallest absolute Gasteiger partial charge is 0.0245 e. The van der Waals surface area contributed by atoms with Crippen molar-refractivity contribution in [3.05, 3.63) is 59.7 Å². The number of likely N-dealkylation sites (N-methyl/N-ethyl adjacent to an activating group) is 1. The minimum absolute atomic E-state index is 0.656. The van der Waals surface area contributed by atoms with Crippen molar-refractivity contribution in [2.24, 2.45) is 0 Å². The number of benzene rings is 2. The van der Waals surface area contributed by atoms with Crippen molar-refractivity contribution >= 4 is 0 Å². The Hall–Kier alpha value is -1.60. The highest BCUT2D eigenvalue weighted by Gasteiger charge is 2.23. The molecule has 0 amide bonds. The van der Waals surface area contributed by atoms with Crippen molar-refractivity contribution in [1.29, 1.82) is 0 Å². The SMILES string of the molecule is CCN1Cc2c(cccc2-c2ccccc2)CC1C. The van der Waals surface area contributed by atoms with Gasteiger partial charge < -0.3 is 0 Å². The zero-order chi connectivity index (χ0) is 13.2. The van der Waals surface area contributed by atoms with E-state index in [1.54, 1.807) is 0 Å². The van der Waals surface area contributed by atoms with Crippen molar-refractivity contribution < 1.29 is 0 Å². The molecule has 1 atom stereocenters. The summed E-state index contributed by atoms with van der Waals surface area (Å²) in [6.07, 6.45) is 1.17. The van der Waals surface area contributed by atoms with Gasteiger partial charge in [0.05, 0.1) is 0 Å². The summed E-state index contributed by atoms with van der Waals surface area (Å²) >= 11 is 0. The van der Waals surface area contributed by atoms with Gasteiger partial charge in [0.1, 0.15) is 0 Å². The summed E-state index contributed by atoms with van der Waals surface area (Å²) in [7, 11) is 0. The van der Waals surface area contributed by atoms with Crippen LogP contribution in [0.1, 0.15) is 25.0 Å². The normalized spacial score (nSPS) is 19.2. The van der Waals surface area contributed by atoms with Gasteiger partial charge in [0.25, 0.3) is 0 Å². The lowest BCUT2D eigenvalue weighted by atomic mass is 9.88. The molecule has 1 heteroatoms. The van der Waals surface area contributed by atoms with E-state index >= 15 is 0 Å². The molecular formula is C18H21N. The van der Waals surface area contributed by atoms with Crippen LogP contribution in [0.4, 0.5) is 0 Å². The van der Waals surface area contributed by atoms with Crippen molar-refractivity contribution in [3.63, 3.8) is 0 Å². The van der Waals surface area contributed by atoms with E-state index < -0.39 is 0 Å². The van der Waals surface area contributed by atoms with E-state index in [2.05, 4.69) is 67.3 Å². The molecule has 0 aliphatic carbocycles. The van der Waals surface area contributed by atoms with Gasteiger partial charge in [0.15, 0.2) is 0 Å². The third-order valence-corrected chi connectivity index (χ3v) is 4.26. The minimum atomic E-state index is 0.656. The minimum Gasteiger partial charge on any atom is -0.296 e. The lowest BCUT2D eigenvalue weighted by molar-refractivity contribution is 0.195. The predicted octanol–water partition coefficient (Wildman–Crippen LogP) is 4.12. The Labute approximate surface area is 115 Å². The number of fused-ring (bicyclic) bond motifs is 1. The third-order valence-electron chi connectivity index (χ3n) is 4.26. The van der Waals surface area contributed by atoms with E-state index in [1.807, 2.05) is 0 Å². The molecule has 19 heavy (non-hydrogen) atoms. The molecule has 1 nitrogen and oxygen atoms in total. The fourth-order valence-corrected chi connectivity index (χ4v) is 3.13. The average molecular weight is 251 g/mol. The zero-order valence-electron chi connectivity index (χ0n) is 11.8. The quantitative estimate of drug-likeness (QED) is 0.776. The van der Waals surface area contributed by atoms with Crippen LogP contribution in [0.5, 0.6) is 0 Å². The fraction of sp³-hybridized carbons (Fsp3) is 0.333. The van der Waals surface area contributed by atoms with Gasteiger partial charge >= 0.3 is 0 Å². The maximum atomic E-state index is 2.56. The summed E-state index contributed by atoms with van der Waals surface area (Å²) < 4.78 is 0. The largest absolute Gasteiger partial charge is 0.296 e. The van der Waals surface area contributed by atoms with Gasteiger partial charge in [-0.2, -0.15) is 0 Å². The first-order chi connectivity index (χ1) is 9.29. The standard InChI is InChI=1S/C18H21N/c1-3-19-13-18-16(12-14(19)2)10-7-11-17(18)15-8-5-4-6-9-15/h4-11,14H,3,12-13H2,1-2H3. The number of nitrogens with zero attached hydrogens (tertiary/aromatic N) is 1. The van der Waals surface area contributed by atoms with Crippen LogP contribution in [0.2, 0.25) is 0 Å². The van der Waals surface area contributed by atoms with E-state index in [-0.39, 0.29) is 0 Å². The fourth-order valence-electron chi connectivity index (χ4n) is 3.13. The third kappa shape index (κ3) is 2.31. The van der Waals surface area contributed by atoms with Gasteiger partial charge in [-0.1, -0.05) is 55.5 Å². The van der Waals surface area contributed by atoms with Crippen LogP contribution in [0.3, 0.4) is 0 Å². The molecule has 98 valence electrons. The molecule has 0 radical (unpaired) electrons. The van der Waals surface area contributed by atoms with Crippen LogP contribution < -0.4 is 0 Å². The summed E-state index contributed by atoms with van der Waals surface area (Å²) in [6.45, 7) is 6.80. The predicted molar refractivity (Wildman–Crippen MR) is 81.1 cm³/mol. The van der Waals surface area contributed by atoms with Gasteiger partial charge in [-0.3, -0.25) is 4.90 Å². The lowest BCUT2D eigenvalue weighted by Crippen LogP contribution is -2.38. The first-order valence-corrected chi connectivity index (χ1v) is 7.20. The van der Waals surface area contributed by atoms with Crippen LogP contribution in [0, 0.1) is 0 Å². The molecule has 0 spiro atoms. The van der Waals surface area contributed by atoms with Crippen molar-refractivity contribution in [3.8, 4) is 11.1 Å². The summed E-state index contributed by atoms with van der Waals surface area (Å²) in [5.74, 6) is 0. The van der Waals surface area contributed by atoms with Gasteiger partial charge in [-0.05, 0) is 42.1 Å². The maximum absolute atomic E-state index is 2.56. The van der Waals surface area contributed by atoms with Crippen LogP contribution in [0.25, 0.3) is 11.1 Å². The molecule has 3 rings (SSSR count). The molecule has 1 unspecified atom stereocenters. The van der Waals surface area contributed by atoms with E-state index in [9.17, 15) is 0 Å². The first kappa shape index (κ1) is 12.4. The highest BCUT2D eigenvalue weighted by Crippen LogP contribution is 2.32. The maximum Gasteiger partial charge on any atom is 0.0245 e. The Morgan fingerprint density at radius 1 is 1.05 bits per heavy atom. The molecular weight excluding hydrogens is 230 g/mol. The van der Waals surface area contributed by atoms with E-state index in [1.165, 1.54) is 28.7 Å². The van der Waals surface area contributed by atoms with Gasteiger partial charge in [-0.15, -0.1) is 0 Å². The van der Waals surface area contributed by atoms with Crippen LogP contribution in [-0.2, 0) is 13.0 Å². The second-order valence-corrected chi connectivity index (χ2v) is 5.43. The Kier molecular flexibility index (Phi) is 3.39. The van der Waals surface area contributed by atoms with E-state index in [0.29, 0.717) is 6.04 Å². The van der Waals surface area contributed by atoms with E-state index in [4.69, 9.17) is 0 Å². The summed E-state index contributed by atoms with van der Waals surface area (Å²) in [4.78, 5) is 2.56. The van der Waals surface area contributed by atoms with Crippen LogP contribution >= 0.6 is 0 Å². The molecule has 1 aliphatic heterocycles. The molecule has 0 saturated heterocycles. The second kappa shape index (κ2) is 5.18. The molecule has 0 aromatic heterocycles. The number of hydrogen-bond acceptors (Lipinski definition) is 1. The zero-order valence-corrected chi connectivity index (χ0v) is 11.8. The van der Waals surface area contributed by atoms with Gasteiger partial charge in [0.2, 0.25) is 0 Å². The summed E-state index contributed by atoms with van der Waals surface area (Å²) in [5, 5.41) is 0. The summed E-state index contributed by atoms with van der Waals surface area (Å²) in [6, 6.07) is 18.2. The van der Waals surface area contributed by atoms with Gasteiger partial charge in [-0.25, -0.2) is 0 Å². The molecule has 0 N–H and O–H groups in total. The second-order valence-electron chi connectivity index (χ2n) is 5.43. The monoisotopic (exact) mass is 251 g/mol. The summed E-state index contributed by atoms with van der Waals surface area (Å²) in [5.41, 5.74) is 5.79. The first-order valence-electron chi connectivity index (χ1n) is 7.20. The highest BCUT2D eigenvalue weighted by atomic mass is 15.1. The van der Waals surface area contributed by atoms with Crippen LogP contribution in [-0.4, -0.2) is 17.5 Å². The number of rotatable bonds is 2. The van der Waals surface area contributed by atoms with E-state index in [0.717, 1.165) is 13.1 Å². The topological polar surface area (TPSA) is 3.24 Å². The lowest BCUT2D eigenvalue weighted by Gasteiger charge is -2.35. The number of hydrogen-bond donors (Lipinski definition) is 0. The Morgan fingerprint density at radius 3 is 2.58 bits per heavy atom. The van der Waals surface area contributed by atoms with Crippen molar-refractivity contribution in [1.82, 2.24) is 4.90 Å². The van der Waals surface area contributed by atoms with Crippen molar-refractivity contribution in [2.75, 3.05) is 6.54 Å². The molecule has 2 aromatic rings. The Morgan fingerprint density at radius 2 is 1.84 bits per heavy atom. The molecule has 0 saturated carbocycles. The van der Waals surface area contributed by atoms with Crippen LogP contribution in [0.15, 0.2) is 48.5 Å². The highest BCUT2D eigenvalue weighted by molar-refractivity contribution is 5.69. The molecule has 2 aromatic carbocycles. The Balaban J connectivity index is 2.07. The van der Waals surface area contributed by atoms with Gasteiger partial charge in [0, 0.05) is 12.6 Å². The molecule has 0 bridgehead atoms. The molecule has 0 fully saturated rings. The average Bonchev–Trinajstić information content (AvgIpc) is 2.46. The Bertz CT molecular complexity index is 559. The van der Waals surface area contributed by atoms with Crippen molar-refractivity contribution in [2.45, 2.75) is 32.9 Å². The molecule has 1 heterocycles. The molecule has 1 aliphatic rings.